The fourth-order valence-corrected chi connectivity index (χ4v) is 6.59. The zero-order valence-corrected chi connectivity index (χ0v) is 22.0. The number of rotatable bonds is 1. The van der Waals surface area contributed by atoms with Gasteiger partial charge in [0.1, 0.15) is 0 Å². The third kappa shape index (κ3) is 3.03. The van der Waals surface area contributed by atoms with Gasteiger partial charge in [0, 0.05) is 33.7 Å². The van der Waals surface area contributed by atoms with E-state index < -0.39 is 0 Å². The quantitative estimate of drug-likeness (QED) is 0.221. The molecule has 1 aromatic heterocycles. The van der Waals surface area contributed by atoms with Crippen molar-refractivity contribution in [3.05, 3.63) is 124 Å². The standard InChI is InChI=1S/C36H29N/c1-22-19-28-34-32-26(22)9-8-10-27(32)35(2,3)29-20-24(21-30(33(29)34)36(28,4)5)13-12-23-14-16-25(17-15-23)31-11-6-7-18-37-31/h6-11,14-21H,1-5H3. The molecule has 1 heteroatoms. The van der Waals surface area contributed by atoms with Crippen LogP contribution in [0.25, 0.3) is 33.2 Å². The SMILES string of the molecule is Cc1cc2c3c4c(cccc14)C(C)(C)c1cc(C#Cc4ccc(-c5ccccn5)cc4)cc(c1-3)C2(C)C. The lowest BCUT2D eigenvalue weighted by Gasteiger charge is -2.35. The minimum atomic E-state index is -0.0932. The molecule has 0 unspecified atom stereocenters. The fourth-order valence-electron chi connectivity index (χ4n) is 6.59. The fraction of sp³-hybridized carbons (Fsp3) is 0.194. The molecule has 0 fully saturated rings. The van der Waals surface area contributed by atoms with Gasteiger partial charge < -0.3 is 0 Å². The van der Waals surface area contributed by atoms with Crippen LogP contribution in [0.2, 0.25) is 0 Å². The van der Waals surface area contributed by atoms with E-state index in [1.54, 1.807) is 0 Å². The van der Waals surface area contributed by atoms with Crippen LogP contribution in [0.4, 0.5) is 0 Å². The Morgan fingerprint density at radius 3 is 2.00 bits per heavy atom. The third-order valence-corrected chi connectivity index (χ3v) is 8.65. The summed E-state index contributed by atoms with van der Waals surface area (Å²) in [7, 11) is 0. The summed E-state index contributed by atoms with van der Waals surface area (Å²) in [5, 5.41) is 2.84. The molecule has 0 radical (unpaired) electrons. The van der Waals surface area contributed by atoms with Gasteiger partial charge in [-0.2, -0.15) is 0 Å². The van der Waals surface area contributed by atoms with Gasteiger partial charge in [0.2, 0.25) is 0 Å². The van der Waals surface area contributed by atoms with E-state index in [-0.39, 0.29) is 10.8 Å². The zero-order valence-electron chi connectivity index (χ0n) is 22.0. The molecular weight excluding hydrogens is 446 g/mol. The molecule has 1 nitrogen and oxygen atoms in total. The smallest absolute Gasteiger partial charge is 0.0701 e. The minimum absolute atomic E-state index is 0.0616. The summed E-state index contributed by atoms with van der Waals surface area (Å²) >= 11 is 0. The van der Waals surface area contributed by atoms with Gasteiger partial charge in [-0.25, -0.2) is 0 Å². The zero-order chi connectivity index (χ0) is 25.5. The van der Waals surface area contributed by atoms with Crippen LogP contribution in [0.1, 0.15) is 66.6 Å². The molecule has 4 aromatic carbocycles. The molecule has 178 valence electrons. The highest BCUT2D eigenvalue weighted by Gasteiger charge is 2.45. The average molecular weight is 476 g/mol. The molecule has 2 aliphatic carbocycles. The van der Waals surface area contributed by atoms with Gasteiger partial charge in [-0.1, -0.05) is 82.0 Å². The summed E-state index contributed by atoms with van der Waals surface area (Å²) in [5.41, 5.74) is 14.0. The van der Waals surface area contributed by atoms with Crippen molar-refractivity contribution in [2.24, 2.45) is 0 Å². The Morgan fingerprint density at radius 2 is 1.30 bits per heavy atom. The number of hydrogen-bond donors (Lipinski definition) is 0. The Balaban J connectivity index is 1.39. The van der Waals surface area contributed by atoms with E-state index in [1.165, 1.54) is 49.7 Å². The van der Waals surface area contributed by atoms with Gasteiger partial charge in [0.05, 0.1) is 5.69 Å². The van der Waals surface area contributed by atoms with Crippen molar-refractivity contribution >= 4 is 10.8 Å². The predicted molar refractivity (Wildman–Crippen MR) is 154 cm³/mol. The molecule has 2 aliphatic rings. The number of aromatic nitrogens is 1. The Hall–Kier alpha value is -4.15. The van der Waals surface area contributed by atoms with E-state index >= 15 is 0 Å². The van der Waals surface area contributed by atoms with Crippen molar-refractivity contribution in [1.29, 1.82) is 0 Å². The Morgan fingerprint density at radius 1 is 0.622 bits per heavy atom. The summed E-state index contributed by atoms with van der Waals surface area (Å²) < 4.78 is 0. The van der Waals surface area contributed by atoms with E-state index in [9.17, 15) is 0 Å². The number of pyridine rings is 1. The average Bonchev–Trinajstić information content (AvgIpc) is 3.13. The summed E-state index contributed by atoms with van der Waals surface area (Å²) in [6.45, 7) is 11.8. The van der Waals surface area contributed by atoms with Crippen molar-refractivity contribution in [3.63, 3.8) is 0 Å². The first-order valence-corrected chi connectivity index (χ1v) is 13.1. The van der Waals surface area contributed by atoms with Gasteiger partial charge in [-0.3, -0.25) is 4.98 Å². The second kappa shape index (κ2) is 7.44. The topological polar surface area (TPSA) is 12.9 Å². The minimum Gasteiger partial charge on any atom is -0.256 e. The monoisotopic (exact) mass is 475 g/mol. The van der Waals surface area contributed by atoms with E-state index in [0.717, 1.165) is 22.4 Å². The van der Waals surface area contributed by atoms with Gasteiger partial charge in [0.15, 0.2) is 0 Å². The van der Waals surface area contributed by atoms with Crippen LogP contribution in [0.5, 0.6) is 0 Å². The first-order chi connectivity index (χ1) is 17.8. The highest BCUT2D eigenvalue weighted by molar-refractivity contribution is 6.09. The first kappa shape index (κ1) is 22.1. The van der Waals surface area contributed by atoms with Crippen molar-refractivity contribution in [2.45, 2.75) is 45.4 Å². The summed E-state index contributed by atoms with van der Waals surface area (Å²) in [6.07, 6.45) is 1.83. The maximum absolute atomic E-state index is 4.46. The number of hydrogen-bond acceptors (Lipinski definition) is 1. The predicted octanol–water partition coefficient (Wildman–Crippen LogP) is 8.56. The van der Waals surface area contributed by atoms with Gasteiger partial charge in [-0.05, 0) is 93.0 Å². The highest BCUT2D eigenvalue weighted by atomic mass is 14.7. The lowest BCUT2D eigenvalue weighted by atomic mass is 9.68. The van der Waals surface area contributed by atoms with E-state index in [2.05, 4.69) is 112 Å². The first-order valence-electron chi connectivity index (χ1n) is 13.1. The Bertz CT molecular complexity index is 1810. The molecule has 5 aromatic rings. The van der Waals surface area contributed by atoms with Crippen LogP contribution >= 0.6 is 0 Å². The Kier molecular flexibility index (Phi) is 4.44. The molecule has 0 aliphatic heterocycles. The van der Waals surface area contributed by atoms with E-state index in [0.29, 0.717) is 0 Å². The second-order valence-corrected chi connectivity index (χ2v) is 11.6. The van der Waals surface area contributed by atoms with Crippen LogP contribution in [0.3, 0.4) is 0 Å². The molecule has 0 N–H and O–H groups in total. The van der Waals surface area contributed by atoms with Gasteiger partial charge >= 0.3 is 0 Å². The van der Waals surface area contributed by atoms with Crippen molar-refractivity contribution in [3.8, 4) is 34.2 Å². The summed E-state index contributed by atoms with van der Waals surface area (Å²) in [5.74, 6) is 6.95. The third-order valence-electron chi connectivity index (χ3n) is 8.65. The van der Waals surface area contributed by atoms with Crippen molar-refractivity contribution in [1.82, 2.24) is 4.98 Å². The molecule has 0 atom stereocenters. The second-order valence-electron chi connectivity index (χ2n) is 11.6. The maximum atomic E-state index is 4.46. The lowest BCUT2D eigenvalue weighted by molar-refractivity contribution is 0.639. The van der Waals surface area contributed by atoms with E-state index in [4.69, 9.17) is 0 Å². The summed E-state index contributed by atoms with van der Waals surface area (Å²) in [6, 6.07) is 28.4. The van der Waals surface area contributed by atoms with Crippen molar-refractivity contribution in [2.75, 3.05) is 0 Å². The Labute approximate surface area is 219 Å². The molecule has 0 saturated heterocycles. The molecule has 1 heterocycles. The number of aryl methyl sites for hydroxylation is 1. The molecule has 0 saturated carbocycles. The van der Waals surface area contributed by atoms with Crippen LogP contribution in [0, 0.1) is 18.8 Å². The molecular formula is C36H29N. The van der Waals surface area contributed by atoms with Crippen LogP contribution in [-0.2, 0) is 10.8 Å². The number of nitrogens with zero attached hydrogens (tertiary/aromatic N) is 1. The molecule has 0 amide bonds. The van der Waals surface area contributed by atoms with Gasteiger partial charge in [-0.15, -0.1) is 0 Å². The lowest BCUT2D eigenvalue weighted by Crippen LogP contribution is -2.24. The normalized spacial score (nSPS) is 15.4. The largest absolute Gasteiger partial charge is 0.256 e. The van der Waals surface area contributed by atoms with Crippen LogP contribution < -0.4 is 0 Å². The molecule has 0 spiro atoms. The van der Waals surface area contributed by atoms with Crippen molar-refractivity contribution < 1.29 is 0 Å². The van der Waals surface area contributed by atoms with Crippen LogP contribution in [0.15, 0.2) is 85.1 Å². The number of benzene rings is 4. The molecule has 0 bridgehead atoms. The molecule has 37 heavy (non-hydrogen) atoms. The highest BCUT2D eigenvalue weighted by Crippen LogP contribution is 2.59. The van der Waals surface area contributed by atoms with E-state index in [1.807, 2.05) is 24.4 Å². The van der Waals surface area contributed by atoms with Crippen LogP contribution in [-0.4, -0.2) is 4.98 Å². The maximum Gasteiger partial charge on any atom is 0.0701 e. The van der Waals surface area contributed by atoms with Gasteiger partial charge in [0.25, 0.3) is 0 Å². The molecule has 7 rings (SSSR count). The summed E-state index contributed by atoms with van der Waals surface area (Å²) in [4.78, 5) is 4.46.